The van der Waals surface area contributed by atoms with Crippen LogP contribution in [-0.2, 0) is 20.0 Å². The van der Waals surface area contributed by atoms with Gasteiger partial charge in [-0.25, -0.2) is 8.42 Å². The molecule has 1 amide bonds. The molecule has 8 heteroatoms. The highest BCUT2D eigenvalue weighted by molar-refractivity contribution is 7.93. The normalized spacial score (nSPS) is 17.1. The van der Waals surface area contributed by atoms with Gasteiger partial charge in [-0.1, -0.05) is 19.0 Å². The highest BCUT2D eigenvalue weighted by Gasteiger charge is 2.47. The predicted molar refractivity (Wildman–Crippen MR) is 90.5 cm³/mol. The average molecular weight is 358 g/mol. The molecular weight excluding hydrogens is 332 g/mol. The fourth-order valence-corrected chi connectivity index (χ4v) is 3.91. The summed E-state index contributed by atoms with van der Waals surface area (Å²) in [5.41, 5.74) is 0.214. The number of aromatic nitrogens is 1. The molecule has 0 aromatic carbocycles. The molecule has 0 bridgehead atoms. The minimum Gasteiger partial charge on any atom is -0.395 e. The maximum Gasteiger partial charge on any atom is 0.247 e. The molecule has 0 aliphatic heterocycles. The standard InChI is InChI=1S/C16H26N2O5S/c1-11(2)5-8-24(21,22)15(3,4)14(20)17-13-9-12(18-23-13)16(10-19)6-7-16/h9,11,19H,5-8,10H2,1-4H3,(H,17,20). The van der Waals surface area contributed by atoms with Crippen molar-refractivity contribution in [3.63, 3.8) is 0 Å². The second-order valence-corrected chi connectivity index (χ2v) is 10.1. The van der Waals surface area contributed by atoms with Gasteiger partial charge in [-0.15, -0.1) is 0 Å². The maximum atomic E-state index is 12.5. The average Bonchev–Trinajstić information content (AvgIpc) is 3.17. The van der Waals surface area contributed by atoms with E-state index in [-0.39, 0.29) is 29.6 Å². The summed E-state index contributed by atoms with van der Waals surface area (Å²) < 4.78 is 28.5. The SMILES string of the molecule is CC(C)CCS(=O)(=O)C(C)(C)C(=O)Nc1cc(C2(CO)CC2)no1. The Balaban J connectivity index is 2.08. The van der Waals surface area contributed by atoms with E-state index in [0.29, 0.717) is 12.1 Å². The van der Waals surface area contributed by atoms with Crippen LogP contribution in [-0.4, -0.2) is 41.7 Å². The molecule has 1 saturated carbocycles. The second kappa shape index (κ2) is 6.48. The summed E-state index contributed by atoms with van der Waals surface area (Å²) >= 11 is 0. The van der Waals surface area contributed by atoms with Gasteiger partial charge >= 0.3 is 0 Å². The van der Waals surface area contributed by atoms with E-state index in [1.54, 1.807) is 6.07 Å². The van der Waals surface area contributed by atoms with Gasteiger partial charge in [0.1, 0.15) is 4.75 Å². The largest absolute Gasteiger partial charge is 0.395 e. The fourth-order valence-electron chi connectivity index (χ4n) is 2.28. The zero-order valence-corrected chi connectivity index (χ0v) is 15.4. The Morgan fingerprint density at radius 2 is 2.08 bits per heavy atom. The number of amides is 1. The van der Waals surface area contributed by atoms with Crippen molar-refractivity contribution in [3.05, 3.63) is 11.8 Å². The molecule has 24 heavy (non-hydrogen) atoms. The number of carbonyl (C=O) groups is 1. The Labute approximate surface area is 142 Å². The molecule has 136 valence electrons. The summed E-state index contributed by atoms with van der Waals surface area (Å²) in [5.74, 6) is -0.353. The van der Waals surface area contributed by atoms with E-state index in [2.05, 4.69) is 10.5 Å². The van der Waals surface area contributed by atoms with Crippen LogP contribution in [0, 0.1) is 5.92 Å². The van der Waals surface area contributed by atoms with Crippen molar-refractivity contribution in [2.75, 3.05) is 17.7 Å². The van der Waals surface area contributed by atoms with Crippen LogP contribution >= 0.6 is 0 Å². The lowest BCUT2D eigenvalue weighted by atomic mass is 10.0. The van der Waals surface area contributed by atoms with Crippen LogP contribution < -0.4 is 5.32 Å². The van der Waals surface area contributed by atoms with Crippen LogP contribution in [0.3, 0.4) is 0 Å². The van der Waals surface area contributed by atoms with Crippen molar-refractivity contribution in [2.24, 2.45) is 5.92 Å². The smallest absolute Gasteiger partial charge is 0.247 e. The first-order valence-electron chi connectivity index (χ1n) is 8.16. The molecule has 0 saturated heterocycles. The molecular formula is C16H26N2O5S. The number of hydrogen-bond acceptors (Lipinski definition) is 6. The lowest BCUT2D eigenvalue weighted by Crippen LogP contribution is -2.45. The van der Waals surface area contributed by atoms with Gasteiger partial charge in [-0.2, -0.15) is 0 Å². The van der Waals surface area contributed by atoms with Crippen molar-refractivity contribution in [1.29, 1.82) is 0 Å². The third-order valence-corrected chi connectivity index (χ3v) is 7.25. The van der Waals surface area contributed by atoms with E-state index in [1.807, 2.05) is 13.8 Å². The molecule has 1 aliphatic rings. The fraction of sp³-hybridized carbons (Fsp3) is 0.750. The quantitative estimate of drug-likeness (QED) is 0.734. The first-order valence-corrected chi connectivity index (χ1v) is 9.81. The maximum absolute atomic E-state index is 12.5. The summed E-state index contributed by atoms with van der Waals surface area (Å²) in [6.45, 7) is 6.64. The van der Waals surface area contributed by atoms with Crippen LogP contribution in [0.25, 0.3) is 0 Å². The first kappa shape index (κ1) is 18.9. The number of rotatable bonds is 8. The molecule has 2 rings (SSSR count). The molecule has 2 N–H and O–H groups in total. The Morgan fingerprint density at radius 3 is 2.58 bits per heavy atom. The summed E-state index contributed by atoms with van der Waals surface area (Å²) in [5, 5.41) is 15.8. The monoisotopic (exact) mass is 358 g/mol. The Hall–Kier alpha value is -1.41. The first-order chi connectivity index (χ1) is 11.0. The van der Waals surface area contributed by atoms with E-state index in [1.165, 1.54) is 13.8 Å². The molecule has 0 atom stereocenters. The molecule has 0 radical (unpaired) electrons. The highest BCUT2D eigenvalue weighted by atomic mass is 32.2. The topological polar surface area (TPSA) is 110 Å². The molecule has 1 aliphatic carbocycles. The van der Waals surface area contributed by atoms with Crippen LogP contribution in [0.4, 0.5) is 5.88 Å². The van der Waals surface area contributed by atoms with Gasteiger partial charge in [0.15, 0.2) is 9.84 Å². The van der Waals surface area contributed by atoms with E-state index < -0.39 is 20.5 Å². The van der Waals surface area contributed by atoms with Crippen LogP contribution in [0.15, 0.2) is 10.6 Å². The lowest BCUT2D eigenvalue weighted by molar-refractivity contribution is -0.118. The number of sulfone groups is 1. The summed E-state index contributed by atoms with van der Waals surface area (Å²) in [6, 6.07) is 1.55. The number of hydrogen-bond donors (Lipinski definition) is 2. The number of aliphatic hydroxyl groups is 1. The minimum atomic E-state index is -3.60. The van der Waals surface area contributed by atoms with Gasteiger partial charge in [0.2, 0.25) is 11.8 Å². The van der Waals surface area contributed by atoms with E-state index in [9.17, 15) is 18.3 Å². The summed E-state index contributed by atoms with van der Waals surface area (Å²) in [7, 11) is -3.60. The molecule has 1 aromatic heterocycles. The van der Waals surface area contributed by atoms with Gasteiger partial charge in [0.25, 0.3) is 0 Å². The number of aliphatic hydroxyl groups excluding tert-OH is 1. The van der Waals surface area contributed by atoms with E-state index >= 15 is 0 Å². The summed E-state index contributed by atoms with van der Waals surface area (Å²) in [4.78, 5) is 12.4. The van der Waals surface area contributed by atoms with Crippen LogP contribution in [0.1, 0.15) is 52.7 Å². The van der Waals surface area contributed by atoms with Crippen LogP contribution in [0.5, 0.6) is 0 Å². The van der Waals surface area contributed by atoms with Crippen molar-refractivity contribution < 1.29 is 22.8 Å². The number of nitrogens with zero attached hydrogens (tertiary/aromatic N) is 1. The third-order valence-electron chi connectivity index (χ3n) is 4.73. The molecule has 0 spiro atoms. The van der Waals surface area contributed by atoms with Gasteiger partial charge in [0.05, 0.1) is 18.1 Å². The van der Waals surface area contributed by atoms with Crippen molar-refractivity contribution >= 4 is 21.6 Å². The second-order valence-electron chi connectivity index (χ2n) is 7.48. The number of carbonyl (C=O) groups excluding carboxylic acids is 1. The van der Waals surface area contributed by atoms with Gasteiger partial charge < -0.3 is 9.63 Å². The minimum absolute atomic E-state index is 0.0258. The summed E-state index contributed by atoms with van der Waals surface area (Å²) in [6.07, 6.45) is 2.14. The molecule has 1 heterocycles. The molecule has 0 unspecified atom stereocenters. The van der Waals surface area contributed by atoms with E-state index in [0.717, 1.165) is 12.8 Å². The van der Waals surface area contributed by atoms with Crippen LogP contribution in [0.2, 0.25) is 0 Å². The zero-order valence-electron chi connectivity index (χ0n) is 14.6. The zero-order chi connectivity index (χ0) is 18.2. The lowest BCUT2D eigenvalue weighted by Gasteiger charge is -2.23. The van der Waals surface area contributed by atoms with Gasteiger partial charge in [0, 0.05) is 11.5 Å². The van der Waals surface area contributed by atoms with Gasteiger partial charge in [-0.3, -0.25) is 10.1 Å². The Kier molecular flexibility index (Phi) is 5.11. The molecule has 7 nitrogen and oxygen atoms in total. The Bertz CT molecular complexity index is 702. The third kappa shape index (κ3) is 3.64. The van der Waals surface area contributed by atoms with Crippen molar-refractivity contribution in [2.45, 2.75) is 57.1 Å². The number of nitrogens with one attached hydrogen (secondary N) is 1. The predicted octanol–water partition coefficient (Wildman–Crippen LogP) is 1.88. The molecule has 1 aromatic rings. The highest BCUT2D eigenvalue weighted by Crippen LogP contribution is 2.47. The van der Waals surface area contributed by atoms with Crippen molar-refractivity contribution in [3.8, 4) is 0 Å². The van der Waals surface area contributed by atoms with E-state index in [4.69, 9.17) is 4.52 Å². The Morgan fingerprint density at radius 1 is 1.46 bits per heavy atom. The molecule has 1 fully saturated rings. The number of anilines is 1. The van der Waals surface area contributed by atoms with Crippen molar-refractivity contribution in [1.82, 2.24) is 5.16 Å². The van der Waals surface area contributed by atoms with Gasteiger partial charge in [-0.05, 0) is 39.0 Å².